The number of hydrogen-bond donors (Lipinski definition) is 0. The highest BCUT2D eigenvalue weighted by atomic mass is 28.3. The second-order valence-corrected chi connectivity index (χ2v) is 12.0. The molecule has 1 heterocycles. The first-order valence-electron chi connectivity index (χ1n) is 8.64. The topological polar surface area (TPSA) is 137 Å². The first kappa shape index (κ1) is 23.5. The summed E-state index contributed by atoms with van der Waals surface area (Å²) >= 11 is 0. The number of azide groups is 1. The molecular weight excluding hydrogens is 386 g/mol. The number of hydrogen-bond acceptors (Lipinski definition) is 8. The molecule has 0 aromatic heterocycles. The zero-order chi connectivity index (χ0) is 21.5. The van der Waals surface area contributed by atoms with Crippen molar-refractivity contribution in [2.24, 2.45) is 5.11 Å². The van der Waals surface area contributed by atoms with Crippen LogP contribution in [-0.4, -0.2) is 63.0 Å². The summed E-state index contributed by atoms with van der Waals surface area (Å²) in [7, 11) is -1.80. The van der Waals surface area contributed by atoms with Gasteiger partial charge in [0, 0.05) is 25.7 Å². The lowest BCUT2D eigenvalue weighted by Crippen LogP contribution is -2.60. The summed E-state index contributed by atoms with van der Waals surface area (Å²) in [4.78, 5) is 37.2. The molecule has 0 spiro atoms. The Balaban J connectivity index is 3.39. The molecule has 0 N–H and O–H groups in total. The van der Waals surface area contributed by atoms with E-state index >= 15 is 0 Å². The minimum atomic E-state index is -1.80. The molecule has 5 atom stereocenters. The third-order valence-electron chi connectivity index (χ3n) is 3.49. The second-order valence-electron chi connectivity index (χ2n) is 7.26. The van der Waals surface area contributed by atoms with Gasteiger partial charge >= 0.3 is 17.9 Å². The van der Waals surface area contributed by atoms with Crippen LogP contribution in [0.15, 0.2) is 5.11 Å². The van der Waals surface area contributed by atoms with E-state index in [9.17, 15) is 14.4 Å². The van der Waals surface area contributed by atoms with Crippen LogP contribution in [0.1, 0.15) is 20.8 Å². The predicted octanol–water partition coefficient (Wildman–Crippen LogP) is 1.74. The van der Waals surface area contributed by atoms with Crippen molar-refractivity contribution in [3.05, 3.63) is 10.4 Å². The molecule has 1 aliphatic heterocycles. The quantitative estimate of drug-likeness (QED) is 0.128. The standard InChI is InChI=1S/C17H25N3O7Si/c1-10(21)24-9-14-16(25-11(2)22)17(26-12(3)23)15(19-20-18)13(27-14)7-8-28(4,5)6/h13-17H,9H2,1-6H3/t13-,14-,15+,16+,17-/m0/s1. The first-order chi connectivity index (χ1) is 12.9. The molecule has 1 aliphatic rings. The van der Waals surface area contributed by atoms with Gasteiger partial charge in [-0.15, -0.1) is 5.54 Å². The zero-order valence-corrected chi connectivity index (χ0v) is 17.8. The minimum Gasteiger partial charge on any atom is -0.463 e. The van der Waals surface area contributed by atoms with Crippen LogP contribution in [0.4, 0.5) is 0 Å². The second kappa shape index (κ2) is 10.1. The third-order valence-corrected chi connectivity index (χ3v) is 4.38. The van der Waals surface area contributed by atoms with Crippen LogP contribution in [-0.2, 0) is 33.3 Å². The molecule has 0 bridgehead atoms. The smallest absolute Gasteiger partial charge is 0.303 e. The Hall–Kier alpha value is -2.54. The van der Waals surface area contributed by atoms with Gasteiger partial charge < -0.3 is 18.9 Å². The Kier molecular flexibility index (Phi) is 8.50. The summed E-state index contributed by atoms with van der Waals surface area (Å²) in [5, 5.41) is 3.68. The number of nitrogens with zero attached hydrogens (tertiary/aromatic N) is 3. The van der Waals surface area contributed by atoms with E-state index in [1.807, 2.05) is 19.6 Å². The van der Waals surface area contributed by atoms with Crippen molar-refractivity contribution in [1.82, 2.24) is 0 Å². The van der Waals surface area contributed by atoms with E-state index < -0.39 is 56.4 Å². The average Bonchev–Trinajstić information content (AvgIpc) is 2.54. The van der Waals surface area contributed by atoms with Crippen LogP contribution in [0.2, 0.25) is 19.6 Å². The Labute approximate surface area is 164 Å². The molecule has 28 heavy (non-hydrogen) atoms. The van der Waals surface area contributed by atoms with Crippen molar-refractivity contribution >= 4 is 26.0 Å². The lowest BCUT2D eigenvalue weighted by atomic mass is 9.93. The Morgan fingerprint density at radius 3 is 2.11 bits per heavy atom. The summed E-state index contributed by atoms with van der Waals surface area (Å²) < 4.78 is 21.4. The fraction of sp³-hybridized carbons (Fsp3) is 0.706. The average molecular weight is 411 g/mol. The molecule has 0 unspecified atom stereocenters. The van der Waals surface area contributed by atoms with Gasteiger partial charge in [-0.05, 0) is 5.53 Å². The van der Waals surface area contributed by atoms with E-state index in [0.717, 1.165) is 0 Å². The van der Waals surface area contributed by atoms with Gasteiger partial charge in [0.2, 0.25) is 0 Å². The molecule has 1 rings (SSSR count). The third kappa shape index (κ3) is 7.60. The number of carbonyl (C=O) groups excluding carboxylic acids is 3. The largest absolute Gasteiger partial charge is 0.463 e. The number of rotatable bonds is 5. The minimum absolute atomic E-state index is 0.251. The fourth-order valence-electron chi connectivity index (χ4n) is 2.51. The first-order valence-corrected chi connectivity index (χ1v) is 12.1. The van der Waals surface area contributed by atoms with E-state index in [4.69, 9.17) is 24.5 Å². The van der Waals surface area contributed by atoms with Gasteiger partial charge in [0.05, 0.1) is 0 Å². The van der Waals surface area contributed by atoms with E-state index in [0.29, 0.717) is 0 Å². The van der Waals surface area contributed by atoms with Crippen LogP contribution in [0.5, 0.6) is 0 Å². The fourth-order valence-corrected chi connectivity index (χ4v) is 3.09. The highest BCUT2D eigenvalue weighted by Gasteiger charge is 2.49. The molecule has 154 valence electrons. The van der Waals surface area contributed by atoms with Crippen molar-refractivity contribution in [2.75, 3.05) is 6.61 Å². The Bertz CT molecular complexity index is 718. The molecule has 0 aromatic rings. The molecule has 0 aromatic carbocycles. The molecule has 0 saturated carbocycles. The summed E-state index contributed by atoms with van der Waals surface area (Å²) in [5.41, 5.74) is 12.1. The summed E-state index contributed by atoms with van der Waals surface area (Å²) in [5.74, 6) is 1.06. The molecule has 11 heteroatoms. The molecule has 0 amide bonds. The molecule has 0 aliphatic carbocycles. The summed E-state index contributed by atoms with van der Waals surface area (Å²) in [6, 6.07) is -1.05. The SMILES string of the molecule is CC(=O)OC[C@@H]1O[C@@H](C#C[Si](C)(C)C)[C@@H](N=[N+]=[N-])[C@H](OC(C)=O)[C@@H]1OC(C)=O. The number of ether oxygens (including phenoxy) is 4. The van der Waals surface area contributed by atoms with Crippen LogP contribution < -0.4 is 0 Å². The number of carbonyl (C=O) groups is 3. The Morgan fingerprint density at radius 2 is 1.64 bits per heavy atom. The van der Waals surface area contributed by atoms with Gasteiger partial charge in [0.15, 0.2) is 12.2 Å². The van der Waals surface area contributed by atoms with Gasteiger partial charge in [-0.25, -0.2) is 0 Å². The van der Waals surface area contributed by atoms with Crippen molar-refractivity contribution in [2.45, 2.75) is 70.9 Å². The van der Waals surface area contributed by atoms with Crippen LogP contribution in [0.25, 0.3) is 10.4 Å². The van der Waals surface area contributed by atoms with E-state index in [1.165, 1.54) is 20.8 Å². The van der Waals surface area contributed by atoms with Crippen LogP contribution in [0, 0.1) is 11.5 Å². The maximum atomic E-state index is 11.6. The van der Waals surface area contributed by atoms with Gasteiger partial charge in [0.25, 0.3) is 0 Å². The molecule has 1 fully saturated rings. The highest BCUT2D eigenvalue weighted by molar-refractivity contribution is 6.83. The lowest BCUT2D eigenvalue weighted by Gasteiger charge is -2.42. The summed E-state index contributed by atoms with van der Waals surface area (Å²) in [6.45, 7) is 9.38. The molecule has 0 radical (unpaired) electrons. The molecule has 1 saturated heterocycles. The van der Waals surface area contributed by atoms with Crippen LogP contribution >= 0.6 is 0 Å². The monoisotopic (exact) mass is 411 g/mol. The van der Waals surface area contributed by atoms with E-state index in [-0.39, 0.29) is 6.61 Å². The van der Waals surface area contributed by atoms with Crippen molar-refractivity contribution in [3.8, 4) is 11.5 Å². The normalized spacial score (nSPS) is 26.7. The van der Waals surface area contributed by atoms with Crippen molar-refractivity contribution in [3.63, 3.8) is 0 Å². The van der Waals surface area contributed by atoms with E-state index in [2.05, 4.69) is 21.5 Å². The van der Waals surface area contributed by atoms with Gasteiger partial charge in [-0.2, -0.15) is 0 Å². The summed E-state index contributed by atoms with van der Waals surface area (Å²) in [6.07, 6.45) is -4.17. The zero-order valence-electron chi connectivity index (χ0n) is 16.8. The van der Waals surface area contributed by atoms with Gasteiger partial charge in [0.1, 0.15) is 32.9 Å². The maximum Gasteiger partial charge on any atom is 0.303 e. The lowest BCUT2D eigenvalue weighted by molar-refractivity contribution is -0.212. The van der Waals surface area contributed by atoms with Gasteiger partial charge in [-0.3, -0.25) is 14.4 Å². The highest BCUT2D eigenvalue weighted by Crippen LogP contribution is 2.29. The molecular formula is C17H25N3O7Si. The van der Waals surface area contributed by atoms with Gasteiger partial charge in [-0.1, -0.05) is 30.7 Å². The predicted molar refractivity (Wildman–Crippen MR) is 100 cm³/mol. The van der Waals surface area contributed by atoms with Crippen molar-refractivity contribution < 1.29 is 33.3 Å². The Morgan fingerprint density at radius 1 is 1.07 bits per heavy atom. The number of esters is 3. The van der Waals surface area contributed by atoms with Crippen LogP contribution in [0.3, 0.4) is 0 Å². The molecule has 10 nitrogen and oxygen atoms in total. The van der Waals surface area contributed by atoms with E-state index in [1.54, 1.807) is 0 Å². The maximum absolute atomic E-state index is 11.6. The van der Waals surface area contributed by atoms with Crippen molar-refractivity contribution in [1.29, 1.82) is 0 Å².